The minimum Gasteiger partial charge on any atom is -0.369 e. The molecule has 1 N–H and O–H groups in total. The second kappa shape index (κ2) is 6.41. The summed E-state index contributed by atoms with van der Waals surface area (Å²) in [5, 5.41) is 3.55. The SMILES string of the molecule is CCNc1ncc(C(=O)N2CCN(C)C(C)C2)cc1Cl. The summed E-state index contributed by atoms with van der Waals surface area (Å²) in [6.07, 6.45) is 1.59. The monoisotopic (exact) mass is 296 g/mol. The van der Waals surface area contributed by atoms with Crippen LogP contribution in [0.2, 0.25) is 5.02 Å². The highest BCUT2D eigenvalue weighted by Gasteiger charge is 2.25. The first-order chi connectivity index (χ1) is 9.52. The molecule has 6 heteroatoms. The Morgan fingerprint density at radius 2 is 2.30 bits per heavy atom. The lowest BCUT2D eigenvalue weighted by molar-refractivity contribution is 0.0572. The average molecular weight is 297 g/mol. The maximum Gasteiger partial charge on any atom is 0.255 e. The van der Waals surface area contributed by atoms with E-state index in [2.05, 4.69) is 29.2 Å². The lowest BCUT2D eigenvalue weighted by atomic mass is 10.1. The standard InChI is InChI=1S/C14H21ClN4O/c1-4-16-13-12(15)7-11(8-17-13)14(20)19-6-5-18(3)10(2)9-19/h7-8,10H,4-6,9H2,1-3H3,(H,16,17). The van der Waals surface area contributed by atoms with E-state index in [-0.39, 0.29) is 5.91 Å². The van der Waals surface area contributed by atoms with E-state index in [4.69, 9.17) is 11.6 Å². The highest BCUT2D eigenvalue weighted by Crippen LogP contribution is 2.21. The highest BCUT2D eigenvalue weighted by atomic mass is 35.5. The summed E-state index contributed by atoms with van der Waals surface area (Å²) in [6.45, 7) is 7.22. The molecule has 0 radical (unpaired) electrons. The van der Waals surface area contributed by atoms with E-state index in [0.29, 0.717) is 22.4 Å². The van der Waals surface area contributed by atoms with Crippen LogP contribution >= 0.6 is 11.6 Å². The number of halogens is 1. The van der Waals surface area contributed by atoms with Crippen molar-refractivity contribution < 1.29 is 4.79 Å². The van der Waals surface area contributed by atoms with Crippen molar-refractivity contribution >= 4 is 23.3 Å². The summed E-state index contributed by atoms with van der Waals surface area (Å²) >= 11 is 6.14. The molecule has 0 saturated carbocycles. The molecule has 2 rings (SSSR count). The fraction of sp³-hybridized carbons (Fsp3) is 0.571. The predicted molar refractivity (Wildman–Crippen MR) is 81.4 cm³/mol. The second-order valence-electron chi connectivity index (χ2n) is 5.17. The molecule has 1 aromatic rings. The molecule has 1 aliphatic rings. The molecule has 0 bridgehead atoms. The fourth-order valence-electron chi connectivity index (χ4n) is 2.27. The Morgan fingerprint density at radius 1 is 1.55 bits per heavy atom. The van der Waals surface area contributed by atoms with Gasteiger partial charge in [-0.15, -0.1) is 0 Å². The van der Waals surface area contributed by atoms with Crippen molar-refractivity contribution in [1.29, 1.82) is 0 Å². The number of aromatic nitrogens is 1. The first-order valence-electron chi connectivity index (χ1n) is 6.91. The van der Waals surface area contributed by atoms with E-state index in [1.54, 1.807) is 12.3 Å². The van der Waals surface area contributed by atoms with Gasteiger partial charge in [-0.1, -0.05) is 11.6 Å². The summed E-state index contributed by atoms with van der Waals surface area (Å²) in [4.78, 5) is 20.8. The number of anilines is 1. The van der Waals surface area contributed by atoms with Gasteiger partial charge in [-0.3, -0.25) is 4.79 Å². The summed E-state index contributed by atoms with van der Waals surface area (Å²) < 4.78 is 0. The number of likely N-dealkylation sites (N-methyl/N-ethyl adjacent to an activating group) is 1. The Balaban J connectivity index is 2.11. The molecule has 1 aliphatic heterocycles. The predicted octanol–water partition coefficient (Wildman–Crippen LogP) is 1.94. The third kappa shape index (κ3) is 3.22. The molecule has 1 fully saturated rings. The Bertz CT molecular complexity index is 494. The first-order valence-corrected chi connectivity index (χ1v) is 7.29. The van der Waals surface area contributed by atoms with Gasteiger partial charge in [0.05, 0.1) is 10.6 Å². The summed E-state index contributed by atoms with van der Waals surface area (Å²) in [7, 11) is 2.08. The molecule has 1 unspecified atom stereocenters. The number of pyridine rings is 1. The average Bonchev–Trinajstić information content (AvgIpc) is 2.43. The molecule has 1 atom stereocenters. The Morgan fingerprint density at radius 3 is 2.90 bits per heavy atom. The second-order valence-corrected chi connectivity index (χ2v) is 5.57. The minimum atomic E-state index is 0.00222. The molecule has 110 valence electrons. The van der Waals surface area contributed by atoms with E-state index < -0.39 is 0 Å². The third-order valence-electron chi connectivity index (χ3n) is 3.68. The quantitative estimate of drug-likeness (QED) is 0.926. The summed E-state index contributed by atoms with van der Waals surface area (Å²) in [6, 6.07) is 2.06. The molecule has 20 heavy (non-hydrogen) atoms. The van der Waals surface area contributed by atoms with Crippen LogP contribution in [0.4, 0.5) is 5.82 Å². The van der Waals surface area contributed by atoms with Crippen molar-refractivity contribution in [2.24, 2.45) is 0 Å². The van der Waals surface area contributed by atoms with Crippen LogP contribution in [0.5, 0.6) is 0 Å². The van der Waals surface area contributed by atoms with Gasteiger partial charge < -0.3 is 15.1 Å². The molecule has 1 amide bonds. The normalized spacial score (nSPS) is 20.0. The van der Waals surface area contributed by atoms with Gasteiger partial charge in [-0.05, 0) is 27.0 Å². The van der Waals surface area contributed by atoms with Gasteiger partial charge in [-0.2, -0.15) is 0 Å². The maximum atomic E-state index is 12.5. The number of carbonyl (C=O) groups excluding carboxylic acids is 1. The highest BCUT2D eigenvalue weighted by molar-refractivity contribution is 6.33. The van der Waals surface area contributed by atoms with E-state index in [1.807, 2.05) is 11.8 Å². The van der Waals surface area contributed by atoms with Crippen LogP contribution in [0.15, 0.2) is 12.3 Å². The molecule has 0 spiro atoms. The number of nitrogens with one attached hydrogen (secondary N) is 1. The molecule has 0 aromatic carbocycles. The zero-order chi connectivity index (χ0) is 14.7. The van der Waals surface area contributed by atoms with Gasteiger partial charge in [-0.25, -0.2) is 4.98 Å². The lowest BCUT2D eigenvalue weighted by Gasteiger charge is -2.37. The van der Waals surface area contributed by atoms with Crippen LogP contribution in [-0.4, -0.2) is 60.0 Å². The molecular weight excluding hydrogens is 276 g/mol. The maximum absolute atomic E-state index is 12.5. The molecule has 1 aromatic heterocycles. The number of hydrogen-bond acceptors (Lipinski definition) is 4. The number of nitrogens with zero attached hydrogens (tertiary/aromatic N) is 3. The fourth-order valence-corrected chi connectivity index (χ4v) is 2.50. The van der Waals surface area contributed by atoms with Crippen molar-refractivity contribution in [3.05, 3.63) is 22.8 Å². The first kappa shape index (κ1) is 15.1. The van der Waals surface area contributed by atoms with Gasteiger partial charge in [0.25, 0.3) is 5.91 Å². The smallest absolute Gasteiger partial charge is 0.255 e. The lowest BCUT2D eigenvalue weighted by Crippen LogP contribution is -2.52. The zero-order valence-electron chi connectivity index (χ0n) is 12.2. The Hall–Kier alpha value is -1.33. The van der Waals surface area contributed by atoms with Crippen LogP contribution in [0.25, 0.3) is 0 Å². The summed E-state index contributed by atoms with van der Waals surface area (Å²) in [5.41, 5.74) is 0.549. The molecule has 0 aliphatic carbocycles. The molecule has 2 heterocycles. The largest absolute Gasteiger partial charge is 0.369 e. The van der Waals surface area contributed by atoms with Crippen molar-refractivity contribution in [2.75, 3.05) is 38.5 Å². The van der Waals surface area contributed by atoms with Crippen LogP contribution in [0.3, 0.4) is 0 Å². The Labute approximate surface area is 124 Å². The Kier molecular flexibility index (Phi) is 4.83. The number of hydrogen-bond donors (Lipinski definition) is 1. The van der Waals surface area contributed by atoms with Gasteiger partial charge in [0.15, 0.2) is 0 Å². The summed E-state index contributed by atoms with van der Waals surface area (Å²) in [5.74, 6) is 0.625. The number of amides is 1. The number of rotatable bonds is 3. The van der Waals surface area contributed by atoms with Crippen molar-refractivity contribution in [2.45, 2.75) is 19.9 Å². The topological polar surface area (TPSA) is 48.5 Å². The van der Waals surface area contributed by atoms with E-state index >= 15 is 0 Å². The third-order valence-corrected chi connectivity index (χ3v) is 3.97. The van der Waals surface area contributed by atoms with Crippen LogP contribution in [0, 0.1) is 0 Å². The number of carbonyl (C=O) groups is 1. The molecule has 1 saturated heterocycles. The zero-order valence-corrected chi connectivity index (χ0v) is 12.9. The van der Waals surface area contributed by atoms with Crippen LogP contribution < -0.4 is 5.32 Å². The van der Waals surface area contributed by atoms with Crippen molar-refractivity contribution in [3.8, 4) is 0 Å². The van der Waals surface area contributed by atoms with Gasteiger partial charge in [0, 0.05) is 38.4 Å². The van der Waals surface area contributed by atoms with E-state index in [0.717, 1.165) is 26.2 Å². The van der Waals surface area contributed by atoms with Crippen molar-refractivity contribution in [1.82, 2.24) is 14.8 Å². The van der Waals surface area contributed by atoms with Crippen molar-refractivity contribution in [3.63, 3.8) is 0 Å². The number of piperazine rings is 1. The minimum absolute atomic E-state index is 0.00222. The molecular formula is C14H21ClN4O. The van der Waals surface area contributed by atoms with Crippen LogP contribution in [0.1, 0.15) is 24.2 Å². The van der Waals surface area contributed by atoms with Gasteiger partial charge in [0.1, 0.15) is 5.82 Å². The molecule has 5 nitrogen and oxygen atoms in total. The van der Waals surface area contributed by atoms with E-state index in [9.17, 15) is 4.79 Å². The van der Waals surface area contributed by atoms with Gasteiger partial charge >= 0.3 is 0 Å². The van der Waals surface area contributed by atoms with Gasteiger partial charge in [0.2, 0.25) is 0 Å². The van der Waals surface area contributed by atoms with E-state index in [1.165, 1.54) is 0 Å². The van der Waals surface area contributed by atoms with Crippen LogP contribution in [-0.2, 0) is 0 Å².